The van der Waals surface area contributed by atoms with Gasteiger partial charge in [0.25, 0.3) is 5.91 Å². The zero-order valence-electron chi connectivity index (χ0n) is 15.4. The van der Waals surface area contributed by atoms with Crippen molar-refractivity contribution in [1.82, 2.24) is 5.32 Å². The number of esters is 1. The molecule has 0 spiro atoms. The van der Waals surface area contributed by atoms with Crippen LogP contribution < -0.4 is 10.6 Å². The lowest BCUT2D eigenvalue weighted by Gasteiger charge is -2.15. The van der Waals surface area contributed by atoms with E-state index in [1.807, 2.05) is 32.0 Å². The number of aromatic hydroxyl groups is 1. The van der Waals surface area contributed by atoms with E-state index in [1.165, 1.54) is 31.2 Å². The van der Waals surface area contributed by atoms with Crippen LogP contribution in [0.1, 0.15) is 28.4 Å². The molecule has 7 heteroatoms. The number of rotatable bonds is 6. The number of aryl methyl sites for hydroxylation is 2. The predicted octanol–water partition coefficient (Wildman–Crippen LogP) is 2.31. The Kier molecular flexibility index (Phi) is 6.54. The van der Waals surface area contributed by atoms with Gasteiger partial charge >= 0.3 is 5.97 Å². The molecule has 0 heterocycles. The first-order valence-corrected chi connectivity index (χ1v) is 8.41. The lowest BCUT2D eigenvalue weighted by molar-refractivity contribution is -0.130. The topological polar surface area (TPSA) is 105 Å². The number of carbonyl (C=O) groups is 3. The van der Waals surface area contributed by atoms with Gasteiger partial charge in [-0.3, -0.25) is 9.59 Å². The molecule has 0 aromatic heterocycles. The Morgan fingerprint density at radius 2 is 1.70 bits per heavy atom. The standard InChI is InChI=1S/C20H22N2O5/c1-12-6-4-7-13(2)18(12)22-17(24)11-21-19(25)14(3)27-20(26)15-8-5-9-16(23)10-15/h4-10,14,23H,11H2,1-3H3,(H,21,25)(H,22,24). The third-order valence-corrected chi connectivity index (χ3v) is 3.90. The van der Waals surface area contributed by atoms with Gasteiger partial charge < -0.3 is 20.5 Å². The summed E-state index contributed by atoms with van der Waals surface area (Å²) in [6.45, 7) is 4.91. The number of benzene rings is 2. The van der Waals surface area contributed by atoms with Gasteiger partial charge in [-0.2, -0.15) is 0 Å². The minimum atomic E-state index is -1.09. The number of anilines is 1. The highest BCUT2D eigenvalue weighted by Crippen LogP contribution is 2.19. The van der Waals surface area contributed by atoms with Crippen molar-refractivity contribution in [3.63, 3.8) is 0 Å². The second-order valence-electron chi connectivity index (χ2n) is 6.13. The highest BCUT2D eigenvalue weighted by atomic mass is 16.5. The number of phenols is 1. The first kappa shape index (κ1) is 20.0. The highest BCUT2D eigenvalue weighted by Gasteiger charge is 2.20. The molecule has 0 saturated heterocycles. The van der Waals surface area contributed by atoms with Crippen LogP contribution in [0.5, 0.6) is 5.75 Å². The average Bonchev–Trinajstić information content (AvgIpc) is 2.62. The molecule has 2 amide bonds. The molecular weight excluding hydrogens is 348 g/mol. The van der Waals surface area contributed by atoms with Gasteiger partial charge in [0.15, 0.2) is 6.10 Å². The van der Waals surface area contributed by atoms with E-state index in [9.17, 15) is 19.5 Å². The van der Waals surface area contributed by atoms with E-state index in [4.69, 9.17) is 4.74 Å². The Morgan fingerprint density at radius 3 is 2.33 bits per heavy atom. The van der Waals surface area contributed by atoms with Gasteiger partial charge in [-0.05, 0) is 50.1 Å². The third-order valence-electron chi connectivity index (χ3n) is 3.90. The fourth-order valence-electron chi connectivity index (χ4n) is 2.42. The van der Waals surface area contributed by atoms with Crippen LogP contribution in [0.2, 0.25) is 0 Å². The van der Waals surface area contributed by atoms with Gasteiger partial charge in [-0.1, -0.05) is 24.3 Å². The minimum absolute atomic E-state index is 0.0790. The summed E-state index contributed by atoms with van der Waals surface area (Å²) in [5.74, 6) is -1.80. The Morgan fingerprint density at radius 1 is 1.07 bits per heavy atom. The molecule has 0 saturated carbocycles. The molecule has 0 aliphatic carbocycles. The molecule has 1 unspecified atom stereocenters. The summed E-state index contributed by atoms with van der Waals surface area (Å²) < 4.78 is 5.05. The Bertz CT molecular complexity index is 843. The van der Waals surface area contributed by atoms with Crippen molar-refractivity contribution in [1.29, 1.82) is 0 Å². The van der Waals surface area contributed by atoms with Crippen molar-refractivity contribution in [3.8, 4) is 5.75 Å². The number of carbonyl (C=O) groups excluding carboxylic acids is 3. The Hall–Kier alpha value is -3.35. The summed E-state index contributed by atoms with van der Waals surface area (Å²) in [4.78, 5) is 36.1. The minimum Gasteiger partial charge on any atom is -0.508 e. The van der Waals surface area contributed by atoms with Crippen LogP contribution in [-0.4, -0.2) is 35.5 Å². The maximum Gasteiger partial charge on any atom is 0.339 e. The normalized spacial score (nSPS) is 11.4. The van der Waals surface area contributed by atoms with E-state index in [1.54, 1.807) is 0 Å². The highest BCUT2D eigenvalue weighted by molar-refractivity contribution is 5.97. The third kappa shape index (κ3) is 5.57. The number of ether oxygens (including phenoxy) is 1. The number of hydrogen-bond donors (Lipinski definition) is 3. The van der Waals surface area contributed by atoms with Gasteiger partial charge in [-0.25, -0.2) is 4.79 Å². The molecule has 2 aromatic rings. The number of phenolic OH excluding ortho intramolecular Hbond substituents is 1. The van der Waals surface area contributed by atoms with Gasteiger partial charge in [0.1, 0.15) is 5.75 Å². The molecule has 0 aliphatic heterocycles. The van der Waals surface area contributed by atoms with E-state index in [2.05, 4.69) is 10.6 Å². The van der Waals surface area contributed by atoms with Gasteiger partial charge in [-0.15, -0.1) is 0 Å². The summed E-state index contributed by atoms with van der Waals surface area (Å²) >= 11 is 0. The predicted molar refractivity (Wildman–Crippen MR) is 101 cm³/mol. The van der Waals surface area contributed by atoms with Crippen LogP contribution in [0.15, 0.2) is 42.5 Å². The van der Waals surface area contributed by atoms with Gasteiger partial charge in [0.05, 0.1) is 12.1 Å². The smallest absolute Gasteiger partial charge is 0.339 e. The van der Waals surface area contributed by atoms with E-state index in [0.717, 1.165) is 11.1 Å². The molecule has 1 atom stereocenters. The monoisotopic (exact) mass is 370 g/mol. The Balaban J connectivity index is 1.85. The van der Waals surface area contributed by atoms with Crippen molar-refractivity contribution >= 4 is 23.5 Å². The molecule has 0 fully saturated rings. The summed E-state index contributed by atoms with van der Waals surface area (Å²) in [5, 5.41) is 14.6. The lowest BCUT2D eigenvalue weighted by Crippen LogP contribution is -2.40. The van der Waals surface area contributed by atoms with E-state index in [0.29, 0.717) is 5.69 Å². The van der Waals surface area contributed by atoms with Crippen LogP contribution >= 0.6 is 0 Å². The fraction of sp³-hybridized carbons (Fsp3) is 0.250. The van der Waals surface area contributed by atoms with Crippen molar-refractivity contribution in [2.24, 2.45) is 0 Å². The van der Waals surface area contributed by atoms with Crippen LogP contribution in [0.25, 0.3) is 0 Å². The second-order valence-corrected chi connectivity index (χ2v) is 6.13. The summed E-state index contributed by atoms with van der Waals surface area (Å²) in [6.07, 6.45) is -1.09. The fourth-order valence-corrected chi connectivity index (χ4v) is 2.42. The quantitative estimate of drug-likeness (QED) is 0.677. The maximum absolute atomic E-state index is 12.1. The largest absolute Gasteiger partial charge is 0.508 e. The SMILES string of the molecule is Cc1cccc(C)c1NC(=O)CNC(=O)C(C)OC(=O)c1cccc(O)c1. The molecular formula is C20H22N2O5. The maximum atomic E-state index is 12.1. The first-order chi connectivity index (χ1) is 12.8. The number of hydrogen-bond acceptors (Lipinski definition) is 5. The number of para-hydroxylation sites is 1. The summed E-state index contributed by atoms with van der Waals surface area (Å²) in [5.41, 5.74) is 2.67. The van der Waals surface area contributed by atoms with Crippen molar-refractivity contribution in [3.05, 3.63) is 59.2 Å². The lowest BCUT2D eigenvalue weighted by atomic mass is 10.1. The van der Waals surface area contributed by atoms with Gasteiger partial charge in [0, 0.05) is 5.69 Å². The second kappa shape index (κ2) is 8.84. The van der Waals surface area contributed by atoms with Crippen molar-refractivity contribution < 1.29 is 24.2 Å². The molecule has 3 N–H and O–H groups in total. The molecule has 2 rings (SSSR count). The summed E-state index contributed by atoms with van der Waals surface area (Å²) in [7, 11) is 0. The van der Waals surface area contributed by atoms with Crippen LogP contribution in [0.4, 0.5) is 5.69 Å². The summed E-state index contributed by atoms with van der Waals surface area (Å²) in [6, 6.07) is 11.3. The van der Waals surface area contributed by atoms with Crippen LogP contribution in [0, 0.1) is 13.8 Å². The molecule has 0 bridgehead atoms. The zero-order valence-corrected chi connectivity index (χ0v) is 15.4. The van der Waals surface area contributed by atoms with Gasteiger partial charge in [0.2, 0.25) is 5.91 Å². The molecule has 142 valence electrons. The van der Waals surface area contributed by atoms with E-state index >= 15 is 0 Å². The molecule has 0 aliphatic rings. The van der Waals surface area contributed by atoms with Crippen molar-refractivity contribution in [2.45, 2.75) is 26.9 Å². The Labute approximate surface area is 157 Å². The zero-order chi connectivity index (χ0) is 20.0. The number of nitrogens with one attached hydrogen (secondary N) is 2. The first-order valence-electron chi connectivity index (χ1n) is 8.41. The molecule has 2 aromatic carbocycles. The van der Waals surface area contributed by atoms with E-state index in [-0.39, 0.29) is 23.8 Å². The molecule has 0 radical (unpaired) electrons. The molecule has 27 heavy (non-hydrogen) atoms. The van der Waals surface area contributed by atoms with Crippen LogP contribution in [0.3, 0.4) is 0 Å². The average molecular weight is 370 g/mol. The van der Waals surface area contributed by atoms with Crippen molar-refractivity contribution in [2.75, 3.05) is 11.9 Å². The van der Waals surface area contributed by atoms with E-state index < -0.39 is 18.0 Å². The molecule has 7 nitrogen and oxygen atoms in total. The van der Waals surface area contributed by atoms with Crippen LogP contribution in [-0.2, 0) is 14.3 Å². The number of amides is 2.